The molecule has 21 heavy (non-hydrogen) atoms. The van der Waals surface area contributed by atoms with Crippen molar-refractivity contribution in [1.29, 1.82) is 0 Å². The highest BCUT2D eigenvalue weighted by atomic mass is 32.1. The molecule has 0 amide bonds. The van der Waals surface area contributed by atoms with Gasteiger partial charge in [0.15, 0.2) is 0 Å². The molecule has 1 aliphatic rings. The average Bonchev–Trinajstić information content (AvgIpc) is 2.96. The van der Waals surface area contributed by atoms with Crippen LogP contribution in [0.2, 0.25) is 0 Å². The Kier molecular flexibility index (Phi) is 3.50. The van der Waals surface area contributed by atoms with Crippen molar-refractivity contribution in [3.8, 4) is 5.75 Å². The van der Waals surface area contributed by atoms with Crippen molar-refractivity contribution in [1.82, 2.24) is 9.36 Å². The fourth-order valence-electron chi connectivity index (χ4n) is 2.11. The number of para-hydroxylation sites is 2. The molecule has 1 aromatic carbocycles. The fourth-order valence-corrected chi connectivity index (χ4v) is 2.95. The molecule has 2 aromatic rings. The van der Waals surface area contributed by atoms with E-state index in [1.54, 1.807) is 6.07 Å². The highest BCUT2D eigenvalue weighted by Crippen LogP contribution is 2.38. The largest absolute Gasteiger partial charge is 0.478 e. The van der Waals surface area contributed by atoms with Crippen LogP contribution in [0.15, 0.2) is 24.3 Å². The van der Waals surface area contributed by atoms with Crippen LogP contribution in [0.5, 0.6) is 5.75 Å². The molecular formula is C14H15N3O3S. The Morgan fingerprint density at radius 2 is 2.24 bits per heavy atom. The van der Waals surface area contributed by atoms with Gasteiger partial charge in [-0.15, -0.1) is 0 Å². The highest BCUT2D eigenvalue weighted by molar-refractivity contribution is 7.09. The molecule has 3 rings (SSSR count). The molecule has 1 atom stereocenters. The number of carboxylic acid groups (broad SMARTS) is 1. The maximum Gasteiger partial charge on any atom is 0.346 e. The molecule has 1 aliphatic heterocycles. The molecule has 0 saturated carbocycles. The number of aromatic nitrogens is 2. The minimum absolute atomic E-state index is 0.221. The average molecular weight is 305 g/mol. The standard InChI is InChI=1S/C14H15N3O3S/c1-8(2)12-15-14(21-16-12)17-7-11(13(18)19)20-10-6-4-3-5-9(10)17/h3-6,8,11H,7H2,1-2H3,(H,18,19). The lowest BCUT2D eigenvalue weighted by Crippen LogP contribution is -2.42. The van der Waals surface area contributed by atoms with Gasteiger partial charge in [0.25, 0.3) is 0 Å². The van der Waals surface area contributed by atoms with Crippen LogP contribution in [0.3, 0.4) is 0 Å². The first-order valence-electron chi connectivity index (χ1n) is 6.66. The lowest BCUT2D eigenvalue weighted by atomic mass is 10.2. The molecule has 110 valence electrons. The molecule has 0 saturated heterocycles. The van der Waals surface area contributed by atoms with E-state index in [0.717, 1.165) is 11.5 Å². The van der Waals surface area contributed by atoms with Crippen molar-refractivity contribution >= 4 is 28.3 Å². The molecule has 2 heterocycles. The third-order valence-electron chi connectivity index (χ3n) is 3.23. The van der Waals surface area contributed by atoms with Gasteiger partial charge in [-0.25, -0.2) is 9.78 Å². The number of benzene rings is 1. The predicted octanol–water partition coefficient (Wildman–Crippen LogP) is 2.65. The van der Waals surface area contributed by atoms with Crippen molar-refractivity contribution < 1.29 is 14.6 Å². The number of aliphatic carboxylic acids is 1. The normalized spacial score (nSPS) is 17.5. The maximum absolute atomic E-state index is 11.3. The van der Waals surface area contributed by atoms with Gasteiger partial charge in [-0.3, -0.25) is 0 Å². The first-order valence-corrected chi connectivity index (χ1v) is 7.43. The van der Waals surface area contributed by atoms with Gasteiger partial charge in [-0.2, -0.15) is 4.37 Å². The summed E-state index contributed by atoms with van der Waals surface area (Å²) in [4.78, 5) is 17.6. The topological polar surface area (TPSA) is 75.6 Å². The van der Waals surface area contributed by atoms with Gasteiger partial charge in [0.2, 0.25) is 11.2 Å². The summed E-state index contributed by atoms with van der Waals surface area (Å²) in [5, 5.41) is 9.93. The van der Waals surface area contributed by atoms with Gasteiger partial charge in [-0.1, -0.05) is 26.0 Å². The lowest BCUT2D eigenvalue weighted by molar-refractivity contribution is -0.144. The maximum atomic E-state index is 11.3. The van der Waals surface area contributed by atoms with E-state index in [2.05, 4.69) is 9.36 Å². The summed E-state index contributed by atoms with van der Waals surface area (Å²) in [5.74, 6) is 0.577. The molecule has 1 N–H and O–H groups in total. The Bertz CT molecular complexity index is 671. The second-order valence-electron chi connectivity index (χ2n) is 5.11. The van der Waals surface area contributed by atoms with Crippen molar-refractivity contribution in [2.45, 2.75) is 25.9 Å². The van der Waals surface area contributed by atoms with E-state index in [4.69, 9.17) is 4.74 Å². The minimum atomic E-state index is -0.983. The number of hydrogen-bond acceptors (Lipinski definition) is 6. The summed E-state index contributed by atoms with van der Waals surface area (Å²) in [6.07, 6.45) is -0.911. The minimum Gasteiger partial charge on any atom is -0.478 e. The van der Waals surface area contributed by atoms with Crippen molar-refractivity contribution in [3.63, 3.8) is 0 Å². The number of carboxylic acids is 1. The van der Waals surface area contributed by atoms with Crippen LogP contribution in [-0.4, -0.2) is 33.1 Å². The van der Waals surface area contributed by atoms with Crippen molar-refractivity contribution in [2.75, 3.05) is 11.4 Å². The van der Waals surface area contributed by atoms with Gasteiger partial charge in [-0.05, 0) is 12.1 Å². The van der Waals surface area contributed by atoms with E-state index in [1.807, 2.05) is 36.9 Å². The molecule has 0 fully saturated rings. The number of nitrogens with zero attached hydrogens (tertiary/aromatic N) is 3. The summed E-state index contributed by atoms with van der Waals surface area (Å²) in [5.41, 5.74) is 0.821. The summed E-state index contributed by atoms with van der Waals surface area (Å²) in [7, 11) is 0. The number of carbonyl (C=O) groups is 1. The summed E-state index contributed by atoms with van der Waals surface area (Å²) in [6.45, 7) is 4.28. The van der Waals surface area contributed by atoms with Crippen LogP contribution < -0.4 is 9.64 Å². The number of rotatable bonds is 3. The number of ether oxygens (including phenoxy) is 1. The highest BCUT2D eigenvalue weighted by Gasteiger charge is 2.32. The van der Waals surface area contributed by atoms with Gasteiger partial charge < -0.3 is 14.7 Å². The van der Waals surface area contributed by atoms with E-state index >= 15 is 0 Å². The predicted molar refractivity (Wildman–Crippen MR) is 79.5 cm³/mol. The Labute approximate surface area is 126 Å². The van der Waals surface area contributed by atoms with Crippen LogP contribution in [-0.2, 0) is 4.79 Å². The first kappa shape index (κ1) is 13.8. The van der Waals surface area contributed by atoms with E-state index in [9.17, 15) is 9.90 Å². The quantitative estimate of drug-likeness (QED) is 0.939. The van der Waals surface area contributed by atoms with E-state index in [0.29, 0.717) is 10.9 Å². The van der Waals surface area contributed by atoms with Crippen LogP contribution in [0.25, 0.3) is 0 Å². The van der Waals surface area contributed by atoms with Crippen LogP contribution in [0.1, 0.15) is 25.6 Å². The molecule has 1 aromatic heterocycles. The molecule has 1 unspecified atom stereocenters. The smallest absolute Gasteiger partial charge is 0.346 e. The molecule has 7 heteroatoms. The summed E-state index contributed by atoms with van der Waals surface area (Å²) in [6, 6.07) is 7.37. The summed E-state index contributed by atoms with van der Waals surface area (Å²) >= 11 is 1.28. The summed E-state index contributed by atoms with van der Waals surface area (Å²) < 4.78 is 9.85. The van der Waals surface area contributed by atoms with Crippen LogP contribution in [0.4, 0.5) is 10.8 Å². The van der Waals surface area contributed by atoms with Gasteiger partial charge in [0.1, 0.15) is 11.6 Å². The van der Waals surface area contributed by atoms with E-state index < -0.39 is 12.1 Å². The monoisotopic (exact) mass is 305 g/mol. The van der Waals surface area contributed by atoms with Crippen LogP contribution >= 0.6 is 11.5 Å². The third kappa shape index (κ3) is 2.56. The number of fused-ring (bicyclic) bond motifs is 1. The fraction of sp³-hybridized carbons (Fsp3) is 0.357. The van der Waals surface area contributed by atoms with Gasteiger partial charge in [0, 0.05) is 17.5 Å². The zero-order chi connectivity index (χ0) is 15.0. The van der Waals surface area contributed by atoms with Gasteiger partial charge >= 0.3 is 5.97 Å². The molecular weight excluding hydrogens is 290 g/mol. The third-order valence-corrected chi connectivity index (χ3v) is 3.98. The number of anilines is 2. The molecule has 0 spiro atoms. The Morgan fingerprint density at radius 3 is 2.90 bits per heavy atom. The first-order chi connectivity index (χ1) is 10.1. The van der Waals surface area contributed by atoms with Crippen molar-refractivity contribution in [2.24, 2.45) is 0 Å². The molecule has 0 radical (unpaired) electrons. The van der Waals surface area contributed by atoms with E-state index in [-0.39, 0.29) is 12.5 Å². The Hall–Kier alpha value is -2.15. The van der Waals surface area contributed by atoms with Gasteiger partial charge in [0.05, 0.1) is 12.2 Å². The number of hydrogen-bond donors (Lipinski definition) is 1. The lowest BCUT2D eigenvalue weighted by Gasteiger charge is -2.32. The van der Waals surface area contributed by atoms with Crippen LogP contribution in [0, 0.1) is 0 Å². The van der Waals surface area contributed by atoms with E-state index in [1.165, 1.54) is 11.5 Å². The molecule has 0 aliphatic carbocycles. The second kappa shape index (κ2) is 5.33. The van der Waals surface area contributed by atoms with Crippen molar-refractivity contribution in [3.05, 3.63) is 30.1 Å². The second-order valence-corrected chi connectivity index (χ2v) is 5.84. The zero-order valence-corrected chi connectivity index (χ0v) is 12.5. The Balaban J connectivity index is 2.01. The molecule has 0 bridgehead atoms. The zero-order valence-electron chi connectivity index (χ0n) is 11.7. The SMILES string of the molecule is CC(C)c1nsc(N2CC(C(=O)O)Oc3ccccc32)n1. The Morgan fingerprint density at radius 1 is 1.48 bits per heavy atom. The molecule has 6 nitrogen and oxygen atoms in total.